The lowest BCUT2D eigenvalue weighted by Crippen LogP contribution is -2.29. The van der Waals surface area contributed by atoms with Crippen LogP contribution in [0.2, 0.25) is 0 Å². The number of hydrogen-bond acceptors (Lipinski definition) is 2. The average molecular weight is 303 g/mol. The Kier molecular flexibility index (Phi) is 6.27. The second-order valence-electron chi connectivity index (χ2n) is 5.10. The fraction of sp³-hybridized carbons (Fsp3) is 0.333. The van der Waals surface area contributed by atoms with Gasteiger partial charge in [0.2, 0.25) is 0 Å². The average Bonchev–Trinajstić information content (AvgIpc) is 2.51. The minimum Gasteiger partial charge on any atom is -0.309 e. The van der Waals surface area contributed by atoms with Crippen LogP contribution in [-0.2, 0) is 0 Å². The van der Waals surface area contributed by atoms with E-state index in [2.05, 4.69) is 43.4 Å². The first-order chi connectivity index (χ1) is 10.2. The summed E-state index contributed by atoms with van der Waals surface area (Å²) in [5.41, 5.74) is 1.25. The van der Waals surface area contributed by atoms with E-state index < -0.39 is 0 Å². The summed E-state index contributed by atoms with van der Waals surface area (Å²) in [6.45, 7) is 5.27. The molecule has 0 bridgehead atoms. The van der Waals surface area contributed by atoms with Crippen LogP contribution >= 0.6 is 11.8 Å². The lowest BCUT2D eigenvalue weighted by molar-refractivity contribution is 0.526. The first-order valence-corrected chi connectivity index (χ1v) is 8.30. The predicted molar refractivity (Wildman–Crippen MR) is 89.2 cm³/mol. The zero-order chi connectivity index (χ0) is 15.1. The van der Waals surface area contributed by atoms with Crippen LogP contribution in [0.3, 0.4) is 0 Å². The number of halogens is 1. The molecule has 0 heterocycles. The van der Waals surface area contributed by atoms with Gasteiger partial charge in [0.25, 0.3) is 0 Å². The van der Waals surface area contributed by atoms with Crippen LogP contribution in [0.4, 0.5) is 4.39 Å². The highest BCUT2D eigenvalue weighted by atomic mass is 32.2. The Morgan fingerprint density at radius 1 is 1.05 bits per heavy atom. The van der Waals surface area contributed by atoms with Crippen molar-refractivity contribution < 1.29 is 4.39 Å². The molecule has 3 heteroatoms. The van der Waals surface area contributed by atoms with Gasteiger partial charge in [-0.15, -0.1) is 11.8 Å². The van der Waals surface area contributed by atoms with Gasteiger partial charge in [-0.2, -0.15) is 0 Å². The van der Waals surface area contributed by atoms with Gasteiger partial charge in [0.15, 0.2) is 0 Å². The Balaban J connectivity index is 2.14. The zero-order valence-corrected chi connectivity index (χ0v) is 13.4. The second kappa shape index (κ2) is 8.20. The van der Waals surface area contributed by atoms with E-state index in [9.17, 15) is 4.39 Å². The summed E-state index contributed by atoms with van der Waals surface area (Å²) in [4.78, 5) is 0.712. The summed E-state index contributed by atoms with van der Waals surface area (Å²) >= 11 is 1.59. The van der Waals surface area contributed by atoms with E-state index in [1.54, 1.807) is 17.8 Å². The molecule has 2 aromatic carbocycles. The molecule has 2 unspecified atom stereocenters. The van der Waals surface area contributed by atoms with Crippen LogP contribution < -0.4 is 5.32 Å². The number of benzene rings is 2. The van der Waals surface area contributed by atoms with Crippen LogP contribution in [0.1, 0.15) is 31.9 Å². The summed E-state index contributed by atoms with van der Waals surface area (Å²) in [6.07, 6.45) is 1.08. The summed E-state index contributed by atoms with van der Waals surface area (Å²) in [5, 5.41) is 3.83. The maximum Gasteiger partial charge on any atom is 0.136 e. The molecule has 21 heavy (non-hydrogen) atoms. The summed E-state index contributed by atoms with van der Waals surface area (Å²) in [6, 6.07) is 17.6. The van der Waals surface area contributed by atoms with Gasteiger partial charge in [-0.05, 0) is 30.7 Å². The van der Waals surface area contributed by atoms with Crippen molar-refractivity contribution in [3.8, 4) is 0 Å². The van der Waals surface area contributed by atoms with Gasteiger partial charge >= 0.3 is 0 Å². The highest BCUT2D eigenvalue weighted by molar-refractivity contribution is 8.00. The molecular weight excluding hydrogens is 281 g/mol. The summed E-state index contributed by atoms with van der Waals surface area (Å²) in [7, 11) is 0. The first kappa shape index (κ1) is 16.1. The summed E-state index contributed by atoms with van der Waals surface area (Å²) < 4.78 is 13.8. The molecule has 1 N–H and O–H groups in total. The monoisotopic (exact) mass is 303 g/mol. The lowest BCUT2D eigenvalue weighted by Gasteiger charge is -2.25. The van der Waals surface area contributed by atoms with E-state index in [1.165, 1.54) is 11.6 Å². The van der Waals surface area contributed by atoms with E-state index in [0.29, 0.717) is 4.90 Å². The van der Waals surface area contributed by atoms with Gasteiger partial charge in [-0.25, -0.2) is 4.39 Å². The van der Waals surface area contributed by atoms with Crippen molar-refractivity contribution in [1.82, 2.24) is 5.32 Å². The van der Waals surface area contributed by atoms with Gasteiger partial charge in [0, 0.05) is 16.2 Å². The minimum atomic E-state index is -0.142. The van der Waals surface area contributed by atoms with Crippen molar-refractivity contribution in [1.29, 1.82) is 0 Å². The van der Waals surface area contributed by atoms with E-state index >= 15 is 0 Å². The van der Waals surface area contributed by atoms with Gasteiger partial charge < -0.3 is 5.32 Å². The van der Waals surface area contributed by atoms with Crippen LogP contribution in [0, 0.1) is 5.82 Å². The minimum absolute atomic E-state index is 0.142. The van der Waals surface area contributed by atoms with Crippen molar-refractivity contribution in [2.45, 2.75) is 36.5 Å². The molecule has 0 aliphatic heterocycles. The third-order valence-corrected chi connectivity index (χ3v) is 4.62. The van der Waals surface area contributed by atoms with E-state index in [-0.39, 0.29) is 17.1 Å². The highest BCUT2D eigenvalue weighted by Gasteiger charge is 2.20. The van der Waals surface area contributed by atoms with Crippen LogP contribution in [0.5, 0.6) is 0 Å². The lowest BCUT2D eigenvalue weighted by atomic mass is 10.0. The van der Waals surface area contributed by atoms with Crippen molar-refractivity contribution in [3.05, 3.63) is 66.0 Å². The molecule has 0 fully saturated rings. The second-order valence-corrected chi connectivity index (χ2v) is 6.51. The fourth-order valence-electron chi connectivity index (χ4n) is 2.32. The van der Waals surface area contributed by atoms with Crippen molar-refractivity contribution in [2.75, 3.05) is 6.54 Å². The number of nitrogens with one attached hydrogen (secondary N) is 1. The molecule has 2 rings (SSSR count). The van der Waals surface area contributed by atoms with E-state index in [4.69, 9.17) is 0 Å². The molecule has 0 aliphatic carbocycles. The SMILES string of the molecule is CCCNC(c1ccccc1)C(C)Sc1ccccc1F. The predicted octanol–water partition coefficient (Wildman–Crippen LogP) is 5.05. The zero-order valence-electron chi connectivity index (χ0n) is 12.6. The third-order valence-electron chi connectivity index (χ3n) is 3.39. The molecule has 2 atom stereocenters. The molecule has 0 radical (unpaired) electrons. The van der Waals surface area contributed by atoms with E-state index in [0.717, 1.165) is 13.0 Å². The molecule has 0 aromatic heterocycles. The Hall–Kier alpha value is -1.32. The normalized spacial score (nSPS) is 13.9. The molecule has 2 aromatic rings. The molecule has 0 saturated carbocycles. The van der Waals surface area contributed by atoms with Gasteiger partial charge in [-0.1, -0.05) is 56.3 Å². The van der Waals surface area contributed by atoms with Crippen molar-refractivity contribution in [2.24, 2.45) is 0 Å². The highest BCUT2D eigenvalue weighted by Crippen LogP contribution is 2.33. The van der Waals surface area contributed by atoms with Gasteiger partial charge in [0.1, 0.15) is 5.82 Å². The number of hydrogen-bond donors (Lipinski definition) is 1. The Morgan fingerprint density at radius 2 is 1.71 bits per heavy atom. The number of rotatable bonds is 7. The molecule has 0 aliphatic rings. The largest absolute Gasteiger partial charge is 0.309 e. The summed E-state index contributed by atoms with van der Waals surface area (Å²) in [5.74, 6) is -0.142. The van der Waals surface area contributed by atoms with Crippen LogP contribution in [0.25, 0.3) is 0 Å². The van der Waals surface area contributed by atoms with E-state index in [1.807, 2.05) is 18.2 Å². The molecule has 0 saturated heterocycles. The van der Waals surface area contributed by atoms with Crippen molar-refractivity contribution in [3.63, 3.8) is 0 Å². The Bertz CT molecular complexity index is 544. The van der Waals surface area contributed by atoms with Gasteiger partial charge in [-0.3, -0.25) is 0 Å². The quantitative estimate of drug-likeness (QED) is 0.719. The third kappa shape index (κ3) is 4.58. The maximum absolute atomic E-state index is 13.8. The molecular formula is C18H22FNS. The van der Waals surface area contributed by atoms with Crippen LogP contribution in [0.15, 0.2) is 59.5 Å². The maximum atomic E-state index is 13.8. The Labute approximate surface area is 131 Å². The standard InChI is InChI=1S/C18H22FNS/c1-3-13-20-18(15-9-5-4-6-10-15)14(2)21-17-12-8-7-11-16(17)19/h4-12,14,18,20H,3,13H2,1-2H3. The smallest absolute Gasteiger partial charge is 0.136 e. The topological polar surface area (TPSA) is 12.0 Å². The van der Waals surface area contributed by atoms with Crippen molar-refractivity contribution >= 4 is 11.8 Å². The fourth-order valence-corrected chi connectivity index (χ4v) is 3.45. The molecule has 112 valence electrons. The molecule has 0 amide bonds. The Morgan fingerprint density at radius 3 is 2.38 bits per heavy atom. The number of thioether (sulfide) groups is 1. The van der Waals surface area contributed by atoms with Crippen LogP contribution in [-0.4, -0.2) is 11.8 Å². The first-order valence-electron chi connectivity index (χ1n) is 7.42. The molecule has 1 nitrogen and oxygen atoms in total. The van der Waals surface area contributed by atoms with Gasteiger partial charge in [0.05, 0.1) is 0 Å². The molecule has 0 spiro atoms.